The second-order valence-corrected chi connectivity index (χ2v) is 7.09. The summed E-state index contributed by atoms with van der Waals surface area (Å²) in [4.78, 5) is 0. The molecule has 4 nitrogen and oxygen atoms in total. The molecule has 102 valence electrons. The highest BCUT2D eigenvalue weighted by molar-refractivity contribution is 7.99. The van der Waals surface area contributed by atoms with E-state index in [0.717, 1.165) is 17.5 Å². The average molecular weight is 268 g/mol. The maximum absolute atomic E-state index is 4.24. The first-order chi connectivity index (χ1) is 8.50. The first kappa shape index (κ1) is 13.9. The highest BCUT2D eigenvalue weighted by Gasteiger charge is 2.26. The quantitative estimate of drug-likeness (QED) is 0.910. The SMILES string of the molecule is CSC1CCCC1NCc1cn(C(C)(C)C)nn1. The number of thioether (sulfide) groups is 1. The van der Waals surface area contributed by atoms with Gasteiger partial charge in [0.1, 0.15) is 0 Å². The zero-order valence-electron chi connectivity index (χ0n) is 11.8. The molecule has 0 amide bonds. The van der Waals surface area contributed by atoms with Gasteiger partial charge in [0.15, 0.2) is 0 Å². The Morgan fingerprint density at radius 1 is 1.44 bits per heavy atom. The fourth-order valence-corrected chi connectivity index (χ4v) is 3.35. The number of aromatic nitrogens is 3. The van der Waals surface area contributed by atoms with Crippen LogP contribution < -0.4 is 5.32 Å². The molecule has 0 saturated heterocycles. The molecule has 0 aliphatic heterocycles. The third-order valence-electron chi connectivity index (χ3n) is 3.53. The molecule has 1 heterocycles. The van der Waals surface area contributed by atoms with E-state index in [1.165, 1.54) is 19.3 Å². The Bertz CT molecular complexity index is 383. The van der Waals surface area contributed by atoms with Gasteiger partial charge in [-0.3, -0.25) is 0 Å². The summed E-state index contributed by atoms with van der Waals surface area (Å²) in [7, 11) is 0. The van der Waals surface area contributed by atoms with Gasteiger partial charge in [0.2, 0.25) is 0 Å². The van der Waals surface area contributed by atoms with E-state index in [0.29, 0.717) is 6.04 Å². The minimum Gasteiger partial charge on any atom is -0.307 e. The molecule has 2 atom stereocenters. The van der Waals surface area contributed by atoms with Crippen LogP contribution >= 0.6 is 11.8 Å². The molecule has 0 radical (unpaired) electrons. The minimum atomic E-state index is 0.0143. The summed E-state index contributed by atoms with van der Waals surface area (Å²) in [5, 5.41) is 12.8. The zero-order valence-corrected chi connectivity index (χ0v) is 12.6. The number of nitrogens with one attached hydrogen (secondary N) is 1. The maximum atomic E-state index is 4.24. The van der Waals surface area contributed by atoms with Crippen LogP contribution in [0.5, 0.6) is 0 Å². The molecule has 1 fully saturated rings. The molecule has 1 saturated carbocycles. The third kappa shape index (κ3) is 3.26. The summed E-state index contributed by atoms with van der Waals surface area (Å²) in [6.07, 6.45) is 8.24. The van der Waals surface area contributed by atoms with Gasteiger partial charge in [-0.05, 0) is 39.9 Å². The van der Waals surface area contributed by atoms with Crippen LogP contribution in [0.15, 0.2) is 6.20 Å². The fraction of sp³-hybridized carbons (Fsp3) is 0.846. The summed E-state index contributed by atoms with van der Waals surface area (Å²) in [5.74, 6) is 0. The van der Waals surface area contributed by atoms with Crippen molar-refractivity contribution in [1.29, 1.82) is 0 Å². The van der Waals surface area contributed by atoms with Gasteiger partial charge >= 0.3 is 0 Å². The highest BCUT2D eigenvalue weighted by atomic mass is 32.2. The van der Waals surface area contributed by atoms with E-state index >= 15 is 0 Å². The van der Waals surface area contributed by atoms with Gasteiger partial charge < -0.3 is 5.32 Å². The lowest BCUT2D eigenvalue weighted by atomic mass is 10.1. The number of hydrogen-bond acceptors (Lipinski definition) is 4. The van der Waals surface area contributed by atoms with Crippen LogP contribution in [-0.2, 0) is 12.1 Å². The average Bonchev–Trinajstić information content (AvgIpc) is 2.94. The molecule has 1 aliphatic carbocycles. The van der Waals surface area contributed by atoms with E-state index in [1.807, 2.05) is 16.4 Å². The van der Waals surface area contributed by atoms with E-state index in [-0.39, 0.29) is 5.54 Å². The Labute approximate surface area is 114 Å². The van der Waals surface area contributed by atoms with Crippen LogP contribution in [0.2, 0.25) is 0 Å². The predicted octanol–water partition coefficient (Wildman–Crippen LogP) is 2.41. The lowest BCUT2D eigenvalue weighted by Crippen LogP contribution is -2.33. The molecule has 0 spiro atoms. The van der Waals surface area contributed by atoms with Gasteiger partial charge in [0.05, 0.1) is 17.4 Å². The van der Waals surface area contributed by atoms with Crippen molar-refractivity contribution in [2.75, 3.05) is 6.26 Å². The van der Waals surface area contributed by atoms with Gasteiger partial charge in [-0.25, -0.2) is 4.68 Å². The molecule has 18 heavy (non-hydrogen) atoms. The van der Waals surface area contributed by atoms with Gasteiger partial charge in [0.25, 0.3) is 0 Å². The standard InChI is InChI=1S/C13H24N4S/c1-13(2,3)17-9-10(15-16-17)8-14-11-6-5-7-12(11)18-4/h9,11-12,14H,5-8H2,1-4H3. The van der Waals surface area contributed by atoms with Crippen LogP contribution in [0.1, 0.15) is 45.7 Å². The maximum Gasteiger partial charge on any atom is 0.0965 e. The summed E-state index contributed by atoms with van der Waals surface area (Å²) >= 11 is 1.98. The molecule has 0 aromatic carbocycles. The van der Waals surface area contributed by atoms with Gasteiger partial charge in [-0.15, -0.1) is 5.10 Å². The first-order valence-corrected chi connectivity index (χ1v) is 7.97. The van der Waals surface area contributed by atoms with E-state index in [9.17, 15) is 0 Å². The van der Waals surface area contributed by atoms with Crippen molar-refractivity contribution in [3.63, 3.8) is 0 Å². The normalized spacial score (nSPS) is 24.7. The number of hydrogen-bond donors (Lipinski definition) is 1. The van der Waals surface area contributed by atoms with Crippen molar-refractivity contribution in [3.8, 4) is 0 Å². The smallest absolute Gasteiger partial charge is 0.0965 e. The van der Waals surface area contributed by atoms with Crippen LogP contribution in [0, 0.1) is 0 Å². The summed E-state index contributed by atoms with van der Waals surface area (Å²) in [5.41, 5.74) is 1.05. The van der Waals surface area contributed by atoms with Crippen molar-refractivity contribution in [1.82, 2.24) is 20.3 Å². The van der Waals surface area contributed by atoms with Crippen molar-refractivity contribution < 1.29 is 0 Å². The third-order valence-corrected chi connectivity index (χ3v) is 4.70. The van der Waals surface area contributed by atoms with Crippen molar-refractivity contribution in [2.45, 2.75) is 63.4 Å². The summed E-state index contributed by atoms with van der Waals surface area (Å²) < 4.78 is 1.94. The molecule has 1 aliphatic rings. The molecular formula is C13H24N4S. The first-order valence-electron chi connectivity index (χ1n) is 6.68. The van der Waals surface area contributed by atoms with Gasteiger partial charge in [-0.1, -0.05) is 11.6 Å². The molecule has 0 bridgehead atoms. The van der Waals surface area contributed by atoms with Crippen LogP contribution in [0.4, 0.5) is 0 Å². The summed E-state index contributed by atoms with van der Waals surface area (Å²) in [6, 6.07) is 0.639. The topological polar surface area (TPSA) is 42.7 Å². The molecule has 1 aromatic rings. The van der Waals surface area contributed by atoms with Crippen molar-refractivity contribution >= 4 is 11.8 Å². The molecule has 2 unspecified atom stereocenters. The number of nitrogens with zero attached hydrogens (tertiary/aromatic N) is 3. The largest absolute Gasteiger partial charge is 0.307 e. The Kier molecular flexibility index (Phi) is 4.33. The highest BCUT2D eigenvalue weighted by Crippen LogP contribution is 2.28. The Morgan fingerprint density at radius 2 is 2.22 bits per heavy atom. The molecule has 1 aromatic heterocycles. The van der Waals surface area contributed by atoms with E-state index < -0.39 is 0 Å². The van der Waals surface area contributed by atoms with E-state index in [4.69, 9.17) is 0 Å². The van der Waals surface area contributed by atoms with Crippen LogP contribution in [0.25, 0.3) is 0 Å². The predicted molar refractivity (Wildman–Crippen MR) is 76.8 cm³/mol. The van der Waals surface area contributed by atoms with Crippen molar-refractivity contribution in [3.05, 3.63) is 11.9 Å². The zero-order chi connectivity index (χ0) is 13.2. The van der Waals surface area contributed by atoms with E-state index in [2.05, 4.69) is 48.9 Å². The Hall–Kier alpha value is -0.550. The minimum absolute atomic E-state index is 0.0143. The second kappa shape index (κ2) is 5.61. The van der Waals surface area contributed by atoms with Gasteiger partial charge in [0, 0.05) is 17.8 Å². The lowest BCUT2D eigenvalue weighted by Gasteiger charge is -2.19. The second-order valence-electron chi connectivity index (χ2n) is 6.02. The Morgan fingerprint density at radius 3 is 2.83 bits per heavy atom. The molecule has 2 rings (SSSR count). The molecule has 5 heteroatoms. The van der Waals surface area contributed by atoms with E-state index in [1.54, 1.807) is 0 Å². The summed E-state index contributed by atoms with van der Waals surface area (Å²) in [6.45, 7) is 7.25. The van der Waals surface area contributed by atoms with Crippen LogP contribution in [0.3, 0.4) is 0 Å². The van der Waals surface area contributed by atoms with Gasteiger partial charge in [-0.2, -0.15) is 11.8 Å². The van der Waals surface area contributed by atoms with Crippen molar-refractivity contribution in [2.24, 2.45) is 0 Å². The number of rotatable bonds is 4. The fourth-order valence-electron chi connectivity index (χ4n) is 2.38. The Balaban J connectivity index is 1.89. The lowest BCUT2D eigenvalue weighted by molar-refractivity contribution is 0.347. The molecular weight excluding hydrogens is 244 g/mol. The molecule has 1 N–H and O–H groups in total. The monoisotopic (exact) mass is 268 g/mol. The van der Waals surface area contributed by atoms with Crippen LogP contribution in [-0.4, -0.2) is 32.5 Å².